The summed E-state index contributed by atoms with van der Waals surface area (Å²) >= 11 is 0. The van der Waals surface area contributed by atoms with Gasteiger partial charge >= 0.3 is 5.97 Å². The number of nitrogens with one attached hydrogen (secondary N) is 1. The number of ether oxygens (including phenoxy) is 1. The molecule has 1 aliphatic rings. The van der Waals surface area contributed by atoms with Crippen LogP contribution in [-0.4, -0.2) is 25.0 Å². The minimum atomic E-state index is -0.703. The average molecular weight is 294 g/mol. The topological polar surface area (TPSA) is 81.4 Å². The van der Waals surface area contributed by atoms with Gasteiger partial charge in [0.15, 0.2) is 0 Å². The highest BCUT2D eigenvalue weighted by molar-refractivity contribution is 6.03. The van der Waals surface area contributed by atoms with Gasteiger partial charge in [0.2, 0.25) is 5.91 Å². The maximum absolute atomic E-state index is 13.3. The predicted molar refractivity (Wildman–Crippen MR) is 76.3 cm³/mol. The Balaban J connectivity index is 2.27. The summed E-state index contributed by atoms with van der Waals surface area (Å²) in [6.45, 7) is 1.81. The Morgan fingerprint density at radius 1 is 1.48 bits per heavy atom. The third-order valence-electron chi connectivity index (χ3n) is 4.18. The van der Waals surface area contributed by atoms with Crippen LogP contribution >= 0.6 is 0 Å². The normalized spacial score (nSPS) is 24.7. The first kappa shape index (κ1) is 15.4. The van der Waals surface area contributed by atoms with Crippen molar-refractivity contribution in [1.82, 2.24) is 0 Å². The Morgan fingerprint density at radius 3 is 2.76 bits per heavy atom. The molecule has 0 radical (unpaired) electrons. The average Bonchev–Trinajstić information content (AvgIpc) is 2.81. The fourth-order valence-electron chi connectivity index (χ4n) is 2.64. The van der Waals surface area contributed by atoms with Crippen molar-refractivity contribution in [2.75, 3.05) is 12.4 Å². The first-order valence-electron chi connectivity index (χ1n) is 6.83. The molecular weight excluding hydrogens is 275 g/mol. The van der Waals surface area contributed by atoms with Crippen LogP contribution in [-0.2, 0) is 9.53 Å². The molecule has 1 amide bonds. The summed E-state index contributed by atoms with van der Waals surface area (Å²) in [6, 6.07) is 3.35. The van der Waals surface area contributed by atoms with E-state index in [1.807, 2.05) is 0 Å². The van der Waals surface area contributed by atoms with Gasteiger partial charge in [0.05, 0.1) is 23.8 Å². The minimum absolute atomic E-state index is 0.0129. The van der Waals surface area contributed by atoms with Crippen LogP contribution in [0.2, 0.25) is 0 Å². The molecular formula is C15H19FN2O3. The molecule has 0 aromatic heterocycles. The SMILES string of the molecule is COC(=O)c1cc(F)ccc1NC(=O)C1(C)CCCC1N. The van der Waals surface area contributed by atoms with Gasteiger partial charge < -0.3 is 15.8 Å². The molecule has 0 spiro atoms. The van der Waals surface area contributed by atoms with E-state index in [4.69, 9.17) is 5.73 Å². The molecule has 114 valence electrons. The highest BCUT2D eigenvalue weighted by Crippen LogP contribution is 2.38. The molecule has 2 rings (SSSR count). The number of hydrogen-bond acceptors (Lipinski definition) is 4. The van der Waals surface area contributed by atoms with E-state index in [0.717, 1.165) is 18.9 Å². The van der Waals surface area contributed by atoms with Crippen LogP contribution in [0.3, 0.4) is 0 Å². The zero-order valence-corrected chi connectivity index (χ0v) is 12.1. The Kier molecular flexibility index (Phi) is 4.27. The second-order valence-electron chi connectivity index (χ2n) is 5.55. The van der Waals surface area contributed by atoms with Gasteiger partial charge in [-0.05, 0) is 38.0 Å². The fraction of sp³-hybridized carbons (Fsp3) is 0.467. The number of nitrogens with two attached hydrogens (primary N) is 1. The van der Waals surface area contributed by atoms with Gasteiger partial charge in [-0.25, -0.2) is 9.18 Å². The molecule has 2 unspecified atom stereocenters. The lowest BCUT2D eigenvalue weighted by Gasteiger charge is -2.27. The third kappa shape index (κ3) is 2.90. The largest absolute Gasteiger partial charge is 0.465 e. The number of anilines is 1. The zero-order chi connectivity index (χ0) is 15.6. The van der Waals surface area contributed by atoms with E-state index in [1.165, 1.54) is 19.2 Å². The van der Waals surface area contributed by atoms with Crippen LogP contribution in [0.5, 0.6) is 0 Å². The lowest BCUT2D eigenvalue weighted by molar-refractivity contribution is -0.125. The van der Waals surface area contributed by atoms with Crippen LogP contribution in [0.1, 0.15) is 36.5 Å². The summed E-state index contributed by atoms with van der Waals surface area (Å²) in [4.78, 5) is 24.1. The van der Waals surface area contributed by atoms with E-state index in [0.29, 0.717) is 6.42 Å². The van der Waals surface area contributed by atoms with E-state index in [2.05, 4.69) is 10.1 Å². The maximum Gasteiger partial charge on any atom is 0.340 e. The Morgan fingerprint density at radius 2 is 2.19 bits per heavy atom. The van der Waals surface area contributed by atoms with E-state index in [1.54, 1.807) is 6.92 Å². The van der Waals surface area contributed by atoms with Crippen molar-refractivity contribution in [3.63, 3.8) is 0 Å². The number of benzene rings is 1. The first-order chi connectivity index (χ1) is 9.88. The zero-order valence-electron chi connectivity index (χ0n) is 12.1. The van der Waals surface area contributed by atoms with E-state index < -0.39 is 17.2 Å². The van der Waals surface area contributed by atoms with Crippen molar-refractivity contribution in [3.8, 4) is 0 Å². The summed E-state index contributed by atoms with van der Waals surface area (Å²) in [5, 5.41) is 2.68. The molecule has 1 fully saturated rings. The molecule has 21 heavy (non-hydrogen) atoms. The van der Waals surface area contributed by atoms with Crippen molar-refractivity contribution < 1.29 is 18.7 Å². The van der Waals surface area contributed by atoms with Gasteiger partial charge in [0, 0.05) is 6.04 Å². The number of esters is 1. The van der Waals surface area contributed by atoms with Crippen molar-refractivity contribution in [1.29, 1.82) is 0 Å². The molecule has 2 atom stereocenters. The molecule has 0 bridgehead atoms. The maximum atomic E-state index is 13.3. The molecule has 1 saturated carbocycles. The van der Waals surface area contributed by atoms with Gasteiger partial charge in [-0.2, -0.15) is 0 Å². The fourth-order valence-corrected chi connectivity index (χ4v) is 2.64. The smallest absolute Gasteiger partial charge is 0.340 e. The highest BCUT2D eigenvalue weighted by atomic mass is 19.1. The highest BCUT2D eigenvalue weighted by Gasteiger charge is 2.43. The summed E-state index contributed by atoms with van der Waals surface area (Å²) < 4.78 is 17.9. The van der Waals surface area contributed by atoms with Gasteiger partial charge in [-0.1, -0.05) is 6.42 Å². The Bertz CT molecular complexity index is 576. The van der Waals surface area contributed by atoms with Gasteiger partial charge in [0.1, 0.15) is 5.82 Å². The van der Waals surface area contributed by atoms with E-state index >= 15 is 0 Å². The van der Waals surface area contributed by atoms with E-state index in [-0.39, 0.29) is 23.2 Å². The predicted octanol–water partition coefficient (Wildman–Crippen LogP) is 2.07. The van der Waals surface area contributed by atoms with Crippen LogP contribution < -0.4 is 11.1 Å². The summed E-state index contributed by atoms with van der Waals surface area (Å²) in [7, 11) is 1.20. The number of halogens is 1. The molecule has 0 aliphatic heterocycles. The monoisotopic (exact) mass is 294 g/mol. The molecule has 0 saturated heterocycles. The molecule has 1 aliphatic carbocycles. The first-order valence-corrected chi connectivity index (χ1v) is 6.83. The van der Waals surface area contributed by atoms with Gasteiger partial charge in [0.25, 0.3) is 0 Å². The molecule has 3 N–H and O–H groups in total. The van der Waals surface area contributed by atoms with Crippen molar-refractivity contribution in [2.45, 2.75) is 32.2 Å². The molecule has 1 aromatic rings. The number of rotatable bonds is 3. The van der Waals surface area contributed by atoms with Crippen LogP contribution in [0, 0.1) is 11.2 Å². The molecule has 5 nitrogen and oxygen atoms in total. The summed E-state index contributed by atoms with van der Waals surface area (Å²) in [5.74, 6) is -1.54. The van der Waals surface area contributed by atoms with Crippen LogP contribution in [0.15, 0.2) is 18.2 Å². The van der Waals surface area contributed by atoms with Crippen molar-refractivity contribution in [3.05, 3.63) is 29.6 Å². The minimum Gasteiger partial charge on any atom is -0.465 e. The number of amides is 1. The summed E-state index contributed by atoms with van der Waals surface area (Å²) in [6.07, 6.45) is 2.37. The van der Waals surface area contributed by atoms with Gasteiger partial charge in [-0.15, -0.1) is 0 Å². The van der Waals surface area contributed by atoms with Crippen LogP contribution in [0.25, 0.3) is 0 Å². The van der Waals surface area contributed by atoms with Crippen molar-refractivity contribution >= 4 is 17.6 Å². The van der Waals surface area contributed by atoms with Gasteiger partial charge in [-0.3, -0.25) is 4.79 Å². The van der Waals surface area contributed by atoms with Crippen molar-refractivity contribution in [2.24, 2.45) is 11.1 Å². The summed E-state index contributed by atoms with van der Waals surface area (Å²) in [5.41, 5.74) is 5.54. The second kappa shape index (κ2) is 5.81. The van der Waals surface area contributed by atoms with E-state index in [9.17, 15) is 14.0 Å². The second-order valence-corrected chi connectivity index (χ2v) is 5.55. The number of methoxy groups -OCH3 is 1. The number of carbonyl (C=O) groups is 2. The Hall–Kier alpha value is -1.95. The quantitative estimate of drug-likeness (QED) is 0.836. The number of hydrogen-bond donors (Lipinski definition) is 2. The lowest BCUT2D eigenvalue weighted by atomic mass is 9.84. The molecule has 1 aromatic carbocycles. The lowest BCUT2D eigenvalue weighted by Crippen LogP contribution is -2.44. The number of carbonyl (C=O) groups excluding carboxylic acids is 2. The standard InChI is InChI=1S/C15H19FN2O3/c1-15(7-3-4-12(15)17)14(20)18-11-6-5-9(16)8-10(11)13(19)21-2/h5-6,8,12H,3-4,7,17H2,1-2H3,(H,18,20). The Labute approximate surface area is 122 Å². The van der Waals surface area contributed by atoms with Crippen LogP contribution in [0.4, 0.5) is 10.1 Å². The molecule has 6 heteroatoms. The molecule has 0 heterocycles. The third-order valence-corrected chi connectivity index (χ3v) is 4.18.